The molecule has 0 heterocycles. The lowest BCUT2D eigenvalue weighted by atomic mass is 9.84. The minimum absolute atomic E-state index is 0.0501. The number of aldehydes is 2. The van der Waals surface area contributed by atoms with Gasteiger partial charge in [0.15, 0.2) is 12.6 Å². The molecule has 0 aromatic heterocycles. The van der Waals surface area contributed by atoms with Crippen LogP contribution in [0.5, 0.6) is 11.5 Å². The van der Waals surface area contributed by atoms with Crippen LogP contribution in [0.4, 0.5) is 0 Å². The summed E-state index contributed by atoms with van der Waals surface area (Å²) in [6.07, 6.45) is 1.43. The number of hydrogen-bond donors (Lipinski definition) is 2. The molecule has 2 rings (SSSR count). The van der Waals surface area contributed by atoms with Crippen molar-refractivity contribution in [3.63, 3.8) is 0 Å². The zero-order chi connectivity index (χ0) is 27.3. The van der Waals surface area contributed by atoms with Crippen LogP contribution in [0.1, 0.15) is 98.4 Å². The Morgan fingerprint density at radius 1 is 0.667 bits per heavy atom. The molecule has 2 N–H and O–H groups in total. The number of phenols is 2. The maximum atomic E-state index is 11.6. The van der Waals surface area contributed by atoms with Crippen molar-refractivity contribution in [1.82, 2.24) is 9.80 Å². The van der Waals surface area contributed by atoms with Crippen LogP contribution in [0.25, 0.3) is 0 Å². The molecule has 6 heteroatoms. The molecule has 0 fully saturated rings. The lowest BCUT2D eigenvalue weighted by Gasteiger charge is -2.28. The fourth-order valence-corrected chi connectivity index (χ4v) is 4.19. The van der Waals surface area contributed by atoms with E-state index < -0.39 is 0 Å². The van der Waals surface area contributed by atoms with Gasteiger partial charge in [-0.1, -0.05) is 67.5 Å². The second-order valence-corrected chi connectivity index (χ2v) is 11.6. The van der Waals surface area contributed by atoms with E-state index in [0.717, 1.165) is 61.0 Å². The van der Waals surface area contributed by atoms with Gasteiger partial charge in [-0.05, 0) is 47.2 Å². The van der Waals surface area contributed by atoms with Gasteiger partial charge in [-0.15, -0.1) is 0 Å². The fraction of sp³-hybridized carbons (Fsp3) is 0.533. The van der Waals surface area contributed by atoms with E-state index in [-0.39, 0.29) is 22.3 Å². The predicted molar refractivity (Wildman–Crippen MR) is 146 cm³/mol. The van der Waals surface area contributed by atoms with E-state index in [2.05, 4.69) is 65.2 Å². The van der Waals surface area contributed by atoms with Gasteiger partial charge in [-0.2, -0.15) is 0 Å². The molecule has 0 saturated heterocycles. The Morgan fingerprint density at radius 3 is 1.25 bits per heavy atom. The first-order valence-electron chi connectivity index (χ1n) is 12.8. The Bertz CT molecular complexity index is 979. The lowest BCUT2D eigenvalue weighted by molar-refractivity contribution is 0.111. The molecule has 198 valence electrons. The Labute approximate surface area is 216 Å². The van der Waals surface area contributed by atoms with Crippen LogP contribution >= 0.6 is 0 Å². The van der Waals surface area contributed by atoms with Crippen LogP contribution in [0.2, 0.25) is 0 Å². The number of nitrogens with zero attached hydrogens (tertiary/aromatic N) is 2. The monoisotopic (exact) mass is 496 g/mol. The molecule has 2 aromatic rings. The molecule has 0 aliphatic carbocycles. The van der Waals surface area contributed by atoms with Crippen LogP contribution in [0.3, 0.4) is 0 Å². The first-order chi connectivity index (χ1) is 16.7. The molecular weight excluding hydrogens is 452 g/mol. The second-order valence-electron chi connectivity index (χ2n) is 11.6. The van der Waals surface area contributed by atoms with Crippen LogP contribution in [-0.4, -0.2) is 58.8 Å². The van der Waals surface area contributed by atoms with Gasteiger partial charge in [0.25, 0.3) is 0 Å². The molecule has 0 radical (unpaired) electrons. The van der Waals surface area contributed by atoms with Crippen LogP contribution in [0, 0.1) is 0 Å². The summed E-state index contributed by atoms with van der Waals surface area (Å²) < 4.78 is 0. The third-order valence-electron chi connectivity index (χ3n) is 6.84. The zero-order valence-corrected chi connectivity index (χ0v) is 23.3. The minimum Gasteiger partial charge on any atom is -0.507 e. The highest BCUT2D eigenvalue weighted by atomic mass is 16.3. The highest BCUT2D eigenvalue weighted by Gasteiger charge is 2.21. The van der Waals surface area contributed by atoms with Gasteiger partial charge in [-0.25, -0.2) is 0 Å². The Morgan fingerprint density at radius 2 is 1.00 bits per heavy atom. The van der Waals surface area contributed by atoms with Gasteiger partial charge in [0, 0.05) is 37.3 Å². The molecule has 6 nitrogen and oxygen atoms in total. The van der Waals surface area contributed by atoms with Crippen molar-refractivity contribution in [3.8, 4) is 11.5 Å². The summed E-state index contributed by atoms with van der Waals surface area (Å²) in [5, 5.41) is 21.4. The van der Waals surface area contributed by atoms with E-state index in [0.29, 0.717) is 24.2 Å². The number of hydrogen-bond acceptors (Lipinski definition) is 6. The SMILES string of the molecule is CCN(CCN(CC)Cc1cc(C(C)(C)C)cc(C=O)c1O)Cc1cc(C(C)(C)C)cc(C=O)c1O. The van der Waals surface area contributed by atoms with E-state index >= 15 is 0 Å². The Hall–Kier alpha value is -2.70. The van der Waals surface area contributed by atoms with Gasteiger partial charge >= 0.3 is 0 Å². The van der Waals surface area contributed by atoms with Crippen molar-refractivity contribution >= 4 is 12.6 Å². The summed E-state index contributed by atoms with van der Waals surface area (Å²) in [5.41, 5.74) is 3.90. The van der Waals surface area contributed by atoms with E-state index in [1.54, 1.807) is 12.1 Å². The van der Waals surface area contributed by atoms with Crippen molar-refractivity contribution in [3.05, 3.63) is 57.6 Å². The summed E-state index contributed by atoms with van der Waals surface area (Å²) in [6, 6.07) is 7.54. The number of phenolic OH excluding ortho intramolecular Hbond substituents is 2. The molecule has 0 aliphatic heterocycles. The number of carbonyl (C=O) groups is 2. The first-order valence-corrected chi connectivity index (χ1v) is 12.8. The third-order valence-corrected chi connectivity index (χ3v) is 6.84. The molecule has 0 atom stereocenters. The van der Waals surface area contributed by atoms with E-state index in [4.69, 9.17) is 0 Å². The number of rotatable bonds is 11. The summed E-state index contributed by atoms with van der Waals surface area (Å²) in [4.78, 5) is 27.6. The zero-order valence-electron chi connectivity index (χ0n) is 23.3. The molecule has 0 spiro atoms. The molecule has 36 heavy (non-hydrogen) atoms. The number of aromatic hydroxyl groups is 2. The van der Waals surface area contributed by atoms with E-state index in [1.807, 2.05) is 12.1 Å². The maximum Gasteiger partial charge on any atom is 0.153 e. The highest BCUT2D eigenvalue weighted by molar-refractivity contribution is 5.81. The Balaban J connectivity index is 2.22. The standard InChI is InChI=1S/C30H44N2O4/c1-9-31(17-21-13-25(29(3,4)5)15-23(19-33)27(21)35)11-12-32(10-2)18-22-14-26(30(6,7)8)16-24(20-34)28(22)36/h13-16,19-20,35-36H,9-12,17-18H2,1-8H3. The molecule has 0 unspecified atom stereocenters. The van der Waals surface area contributed by atoms with Crippen molar-refractivity contribution in [1.29, 1.82) is 0 Å². The predicted octanol–water partition coefficient (Wildman–Crippen LogP) is 5.66. The smallest absolute Gasteiger partial charge is 0.153 e. The average molecular weight is 497 g/mol. The van der Waals surface area contributed by atoms with Crippen LogP contribution in [-0.2, 0) is 23.9 Å². The molecular formula is C30H44N2O4. The quantitative estimate of drug-likeness (QED) is 0.391. The summed E-state index contributed by atoms with van der Waals surface area (Å²) in [5.74, 6) is 0.100. The molecule has 0 aliphatic rings. The number of carbonyl (C=O) groups excluding carboxylic acids is 2. The second kappa shape index (κ2) is 12.0. The van der Waals surface area contributed by atoms with Gasteiger partial charge in [-0.3, -0.25) is 19.4 Å². The van der Waals surface area contributed by atoms with Crippen molar-refractivity contribution < 1.29 is 19.8 Å². The van der Waals surface area contributed by atoms with E-state index in [1.165, 1.54) is 0 Å². The fourth-order valence-electron chi connectivity index (χ4n) is 4.19. The summed E-state index contributed by atoms with van der Waals surface area (Å²) in [7, 11) is 0. The number of likely N-dealkylation sites (N-methyl/N-ethyl adjacent to an activating group) is 2. The number of benzene rings is 2. The third kappa shape index (κ3) is 7.40. The van der Waals surface area contributed by atoms with Crippen molar-refractivity contribution in [2.45, 2.75) is 79.3 Å². The molecule has 0 saturated carbocycles. The van der Waals surface area contributed by atoms with E-state index in [9.17, 15) is 19.8 Å². The van der Waals surface area contributed by atoms with Gasteiger partial charge in [0.2, 0.25) is 0 Å². The normalized spacial score (nSPS) is 12.4. The van der Waals surface area contributed by atoms with Crippen LogP contribution < -0.4 is 0 Å². The maximum absolute atomic E-state index is 11.6. The molecule has 2 aromatic carbocycles. The summed E-state index contributed by atoms with van der Waals surface area (Å²) >= 11 is 0. The lowest BCUT2D eigenvalue weighted by Crippen LogP contribution is -2.34. The van der Waals surface area contributed by atoms with Gasteiger partial charge in [0.1, 0.15) is 11.5 Å². The largest absolute Gasteiger partial charge is 0.507 e. The topological polar surface area (TPSA) is 81.1 Å². The first kappa shape index (κ1) is 29.5. The van der Waals surface area contributed by atoms with Gasteiger partial charge in [0.05, 0.1) is 11.1 Å². The minimum atomic E-state index is -0.139. The average Bonchev–Trinajstić information content (AvgIpc) is 2.81. The van der Waals surface area contributed by atoms with Gasteiger partial charge < -0.3 is 10.2 Å². The highest BCUT2D eigenvalue weighted by Crippen LogP contribution is 2.32. The Kier molecular flexibility index (Phi) is 9.86. The van der Waals surface area contributed by atoms with Crippen LogP contribution in [0.15, 0.2) is 24.3 Å². The molecule has 0 bridgehead atoms. The summed E-state index contributed by atoms with van der Waals surface area (Å²) in [6.45, 7) is 20.8. The van der Waals surface area contributed by atoms with Crippen molar-refractivity contribution in [2.24, 2.45) is 0 Å². The molecule has 0 amide bonds. The van der Waals surface area contributed by atoms with Crippen molar-refractivity contribution in [2.75, 3.05) is 26.2 Å².